The molecule has 1 heterocycles. The summed E-state index contributed by atoms with van der Waals surface area (Å²) in [5.74, 6) is -0.157. The van der Waals surface area contributed by atoms with Gasteiger partial charge in [-0.15, -0.1) is 10.2 Å². The van der Waals surface area contributed by atoms with Crippen LogP contribution in [0.5, 0.6) is 0 Å². The molecule has 2 aromatic carbocycles. The summed E-state index contributed by atoms with van der Waals surface area (Å²) in [4.78, 5) is 36.7. The highest BCUT2D eigenvalue weighted by atomic mass is 32.2. The van der Waals surface area contributed by atoms with Crippen LogP contribution in [-0.4, -0.2) is 44.9 Å². The van der Waals surface area contributed by atoms with Crippen molar-refractivity contribution >= 4 is 35.2 Å². The zero-order valence-corrected chi connectivity index (χ0v) is 20.1. The third kappa shape index (κ3) is 6.67. The quantitative estimate of drug-likeness (QED) is 0.337. The second-order valence-corrected chi connectivity index (χ2v) is 8.28. The molecule has 0 bridgehead atoms. The predicted octanol–water partition coefficient (Wildman–Crippen LogP) is 3.44. The van der Waals surface area contributed by atoms with E-state index in [2.05, 4.69) is 20.8 Å². The Bertz CT molecular complexity index is 1180. The van der Waals surface area contributed by atoms with E-state index in [1.54, 1.807) is 37.3 Å². The Hall–Kier alpha value is -3.66. The van der Waals surface area contributed by atoms with E-state index >= 15 is 0 Å². The number of rotatable bonds is 10. The molecule has 0 radical (unpaired) electrons. The summed E-state index contributed by atoms with van der Waals surface area (Å²) in [5, 5.41) is 14.6. The van der Waals surface area contributed by atoms with Gasteiger partial charge in [0.15, 0.2) is 11.0 Å². The van der Waals surface area contributed by atoms with E-state index in [4.69, 9.17) is 4.74 Å². The van der Waals surface area contributed by atoms with Crippen LogP contribution in [0.1, 0.15) is 46.0 Å². The van der Waals surface area contributed by atoms with Gasteiger partial charge in [0.2, 0.25) is 5.91 Å². The topological polar surface area (TPSA) is 115 Å². The van der Waals surface area contributed by atoms with Crippen LogP contribution < -0.4 is 10.6 Å². The zero-order chi connectivity index (χ0) is 24.5. The van der Waals surface area contributed by atoms with E-state index in [0.717, 1.165) is 5.56 Å². The molecule has 0 spiro atoms. The van der Waals surface area contributed by atoms with Gasteiger partial charge in [0, 0.05) is 17.8 Å². The van der Waals surface area contributed by atoms with Crippen molar-refractivity contribution in [2.75, 3.05) is 17.7 Å². The Labute approximate surface area is 202 Å². The number of aryl methyl sites for hydroxylation is 1. The van der Waals surface area contributed by atoms with Crippen LogP contribution >= 0.6 is 11.8 Å². The normalized spacial score (nSPS) is 10.6. The first-order valence-corrected chi connectivity index (χ1v) is 11.9. The molecule has 0 saturated carbocycles. The number of ether oxygens (including phenoxy) is 1. The Morgan fingerprint density at radius 1 is 1.03 bits per heavy atom. The highest BCUT2D eigenvalue weighted by Crippen LogP contribution is 2.18. The lowest BCUT2D eigenvalue weighted by molar-refractivity contribution is -0.113. The van der Waals surface area contributed by atoms with E-state index < -0.39 is 5.97 Å². The smallest absolute Gasteiger partial charge is 0.338 e. The van der Waals surface area contributed by atoms with E-state index in [1.165, 1.54) is 11.8 Å². The summed E-state index contributed by atoms with van der Waals surface area (Å²) in [6.07, 6.45) is 0. The summed E-state index contributed by atoms with van der Waals surface area (Å²) in [6.45, 7) is 6.71. The van der Waals surface area contributed by atoms with Crippen molar-refractivity contribution in [2.45, 2.75) is 39.0 Å². The summed E-state index contributed by atoms with van der Waals surface area (Å²) in [6, 6.07) is 13.9. The first-order valence-electron chi connectivity index (χ1n) is 10.9. The van der Waals surface area contributed by atoms with Gasteiger partial charge in [-0.3, -0.25) is 9.59 Å². The molecule has 10 heteroatoms. The summed E-state index contributed by atoms with van der Waals surface area (Å²) >= 11 is 1.24. The number of nitrogens with zero attached hydrogens (tertiary/aromatic N) is 3. The molecule has 0 atom stereocenters. The number of esters is 1. The molecule has 0 fully saturated rings. The summed E-state index contributed by atoms with van der Waals surface area (Å²) in [5.41, 5.74) is 2.47. The number of amides is 2. The molecular weight excluding hydrogens is 454 g/mol. The number of thioether (sulfide) groups is 1. The lowest BCUT2D eigenvalue weighted by atomic mass is 10.1. The molecule has 3 rings (SSSR count). The van der Waals surface area contributed by atoms with Gasteiger partial charge < -0.3 is 19.9 Å². The number of hydrogen-bond donors (Lipinski definition) is 2. The minimum atomic E-state index is -0.439. The Kier molecular flexibility index (Phi) is 8.80. The molecule has 0 aliphatic rings. The second-order valence-electron chi connectivity index (χ2n) is 7.33. The lowest BCUT2D eigenvalue weighted by Crippen LogP contribution is -2.25. The molecule has 0 aliphatic heterocycles. The maximum absolute atomic E-state index is 12.4. The van der Waals surface area contributed by atoms with Crippen molar-refractivity contribution in [1.29, 1.82) is 0 Å². The minimum Gasteiger partial charge on any atom is -0.462 e. The van der Waals surface area contributed by atoms with E-state index in [0.29, 0.717) is 34.3 Å². The van der Waals surface area contributed by atoms with Crippen molar-refractivity contribution in [1.82, 2.24) is 20.1 Å². The largest absolute Gasteiger partial charge is 0.462 e. The molecule has 178 valence electrons. The van der Waals surface area contributed by atoms with E-state index in [9.17, 15) is 14.4 Å². The SMILES string of the molecule is CCOC(=O)c1cccc(NC(=O)CSc2nnc(CNC(=O)c3cccc(C)c3)n2CC)c1. The number of benzene rings is 2. The number of aromatic nitrogens is 3. The highest BCUT2D eigenvalue weighted by molar-refractivity contribution is 7.99. The average Bonchev–Trinajstić information content (AvgIpc) is 3.23. The molecule has 9 nitrogen and oxygen atoms in total. The summed E-state index contributed by atoms with van der Waals surface area (Å²) < 4.78 is 6.84. The average molecular weight is 482 g/mol. The molecule has 0 aliphatic carbocycles. The monoisotopic (exact) mass is 481 g/mol. The maximum atomic E-state index is 12.4. The second kappa shape index (κ2) is 12.0. The molecule has 2 N–H and O–H groups in total. The van der Waals surface area contributed by atoms with Crippen LogP contribution in [0.15, 0.2) is 53.7 Å². The minimum absolute atomic E-state index is 0.109. The molecule has 0 unspecified atom stereocenters. The van der Waals surface area contributed by atoms with Crippen molar-refractivity contribution < 1.29 is 19.1 Å². The van der Waals surface area contributed by atoms with Crippen LogP contribution in [0.4, 0.5) is 5.69 Å². The molecule has 3 aromatic rings. The summed E-state index contributed by atoms with van der Waals surface area (Å²) in [7, 11) is 0. The van der Waals surface area contributed by atoms with Gasteiger partial charge in [-0.1, -0.05) is 35.5 Å². The molecule has 0 saturated heterocycles. The van der Waals surface area contributed by atoms with Crippen LogP contribution in [0, 0.1) is 6.92 Å². The number of nitrogens with one attached hydrogen (secondary N) is 2. The van der Waals surface area contributed by atoms with Crippen LogP contribution in [0.2, 0.25) is 0 Å². The fraction of sp³-hybridized carbons (Fsp3) is 0.292. The van der Waals surface area contributed by atoms with Crippen LogP contribution in [-0.2, 0) is 22.6 Å². The molecule has 34 heavy (non-hydrogen) atoms. The van der Waals surface area contributed by atoms with Gasteiger partial charge in [-0.2, -0.15) is 0 Å². The third-order valence-electron chi connectivity index (χ3n) is 4.79. The van der Waals surface area contributed by atoms with Gasteiger partial charge in [-0.25, -0.2) is 4.79 Å². The fourth-order valence-electron chi connectivity index (χ4n) is 3.19. The Balaban J connectivity index is 1.56. The van der Waals surface area contributed by atoms with Crippen molar-refractivity contribution in [3.63, 3.8) is 0 Å². The number of anilines is 1. The Morgan fingerprint density at radius 2 is 1.79 bits per heavy atom. The zero-order valence-electron chi connectivity index (χ0n) is 19.3. The van der Waals surface area contributed by atoms with Gasteiger partial charge >= 0.3 is 5.97 Å². The molecule has 1 aromatic heterocycles. The number of carbonyl (C=O) groups is 3. The number of hydrogen-bond acceptors (Lipinski definition) is 7. The van der Waals surface area contributed by atoms with Crippen molar-refractivity contribution in [2.24, 2.45) is 0 Å². The highest BCUT2D eigenvalue weighted by Gasteiger charge is 2.15. The third-order valence-corrected chi connectivity index (χ3v) is 5.75. The lowest BCUT2D eigenvalue weighted by Gasteiger charge is -2.09. The predicted molar refractivity (Wildman–Crippen MR) is 130 cm³/mol. The fourth-order valence-corrected chi connectivity index (χ4v) is 4.01. The van der Waals surface area contributed by atoms with Crippen molar-refractivity contribution in [3.8, 4) is 0 Å². The standard InChI is InChI=1S/C24H27N5O4S/c1-4-29-20(14-25-22(31)17-9-6-8-16(3)12-17)27-28-24(29)34-15-21(30)26-19-11-7-10-18(13-19)23(32)33-5-2/h6-13H,4-5,14-15H2,1-3H3,(H,25,31)(H,26,30). The van der Waals surface area contributed by atoms with Crippen LogP contribution in [0.25, 0.3) is 0 Å². The van der Waals surface area contributed by atoms with Crippen molar-refractivity contribution in [3.05, 3.63) is 71.0 Å². The van der Waals surface area contributed by atoms with E-state index in [-0.39, 0.29) is 30.7 Å². The van der Waals surface area contributed by atoms with Gasteiger partial charge in [0.05, 0.1) is 24.5 Å². The van der Waals surface area contributed by atoms with Gasteiger partial charge in [0.25, 0.3) is 5.91 Å². The molecular formula is C24H27N5O4S. The van der Waals surface area contributed by atoms with E-state index in [1.807, 2.05) is 36.6 Å². The maximum Gasteiger partial charge on any atom is 0.338 e. The first kappa shape index (κ1) is 25.0. The molecule has 2 amide bonds. The van der Waals surface area contributed by atoms with Crippen LogP contribution in [0.3, 0.4) is 0 Å². The first-order chi connectivity index (χ1) is 16.4. The van der Waals surface area contributed by atoms with Gasteiger partial charge in [0.1, 0.15) is 0 Å². The Morgan fingerprint density at radius 3 is 2.53 bits per heavy atom. The van der Waals surface area contributed by atoms with Gasteiger partial charge in [-0.05, 0) is 51.1 Å². The number of carbonyl (C=O) groups excluding carboxylic acids is 3.